The van der Waals surface area contributed by atoms with Gasteiger partial charge in [-0.25, -0.2) is 0 Å². The minimum Gasteiger partial charge on any atom is -0.326 e. The number of unbranched alkanes of at least 4 members (excludes halogenated alkanes) is 8. The largest absolute Gasteiger partial charge is 0.326 e. The Labute approximate surface area is 143 Å². The van der Waals surface area contributed by atoms with Crippen molar-refractivity contribution in [1.29, 1.82) is 0 Å². The lowest BCUT2D eigenvalue weighted by atomic mass is 10.0. The van der Waals surface area contributed by atoms with E-state index in [2.05, 4.69) is 44.3 Å². The summed E-state index contributed by atoms with van der Waals surface area (Å²) in [7, 11) is 0. The number of rotatable bonds is 12. The quantitative estimate of drug-likeness (QED) is 0.443. The molecule has 0 aromatic heterocycles. The molecule has 0 aliphatic carbocycles. The zero-order chi connectivity index (χ0) is 16.9. The molecule has 1 aromatic carbocycles. The summed E-state index contributed by atoms with van der Waals surface area (Å²) >= 11 is 0. The number of amides is 1. The highest BCUT2D eigenvalue weighted by atomic mass is 16.1. The van der Waals surface area contributed by atoms with E-state index in [0.29, 0.717) is 6.42 Å². The minimum atomic E-state index is 0.164. The second-order valence-electron chi connectivity index (χ2n) is 6.59. The van der Waals surface area contributed by atoms with Gasteiger partial charge in [0.15, 0.2) is 0 Å². The molecule has 23 heavy (non-hydrogen) atoms. The number of para-hydroxylation sites is 1. The van der Waals surface area contributed by atoms with Crippen LogP contribution in [0, 0.1) is 6.92 Å². The fourth-order valence-electron chi connectivity index (χ4n) is 3.00. The van der Waals surface area contributed by atoms with Crippen LogP contribution in [-0.4, -0.2) is 5.91 Å². The Hall–Kier alpha value is -1.31. The summed E-state index contributed by atoms with van der Waals surface area (Å²) in [6.07, 6.45) is 13.2. The van der Waals surface area contributed by atoms with Crippen molar-refractivity contribution in [3.63, 3.8) is 0 Å². The van der Waals surface area contributed by atoms with Gasteiger partial charge in [0.25, 0.3) is 0 Å². The number of anilines is 1. The molecule has 0 aliphatic heterocycles. The average molecular weight is 318 g/mol. The first-order valence-electron chi connectivity index (χ1n) is 9.57. The fourth-order valence-corrected chi connectivity index (χ4v) is 3.00. The van der Waals surface area contributed by atoms with E-state index in [4.69, 9.17) is 0 Å². The summed E-state index contributed by atoms with van der Waals surface area (Å²) in [6, 6.07) is 6.22. The molecule has 0 atom stereocenters. The van der Waals surface area contributed by atoms with Gasteiger partial charge >= 0.3 is 0 Å². The number of hydrogen-bond donors (Lipinski definition) is 1. The zero-order valence-electron chi connectivity index (χ0n) is 15.4. The van der Waals surface area contributed by atoms with Crippen LogP contribution >= 0.6 is 0 Å². The van der Waals surface area contributed by atoms with E-state index < -0.39 is 0 Å². The fraction of sp³-hybridized carbons (Fsp3) is 0.667. The van der Waals surface area contributed by atoms with Gasteiger partial charge < -0.3 is 5.32 Å². The molecule has 2 heteroatoms. The average Bonchev–Trinajstić information content (AvgIpc) is 2.55. The molecule has 1 N–H and O–H groups in total. The van der Waals surface area contributed by atoms with E-state index in [1.807, 2.05) is 0 Å². The van der Waals surface area contributed by atoms with Gasteiger partial charge in [0.1, 0.15) is 0 Å². The maximum Gasteiger partial charge on any atom is 0.224 e. The molecule has 1 rings (SSSR count). The van der Waals surface area contributed by atoms with Crippen LogP contribution < -0.4 is 5.32 Å². The van der Waals surface area contributed by atoms with Crippen molar-refractivity contribution in [3.8, 4) is 0 Å². The van der Waals surface area contributed by atoms with Gasteiger partial charge in [0.05, 0.1) is 0 Å². The highest BCUT2D eigenvalue weighted by Gasteiger charge is 2.08. The Kier molecular flexibility index (Phi) is 10.4. The van der Waals surface area contributed by atoms with Crippen molar-refractivity contribution in [3.05, 3.63) is 29.3 Å². The molecule has 0 aliphatic rings. The molecule has 2 nitrogen and oxygen atoms in total. The first kappa shape index (κ1) is 19.7. The van der Waals surface area contributed by atoms with Gasteiger partial charge in [-0.1, -0.05) is 83.4 Å². The van der Waals surface area contributed by atoms with Gasteiger partial charge in [0.2, 0.25) is 5.91 Å². The predicted molar refractivity (Wildman–Crippen MR) is 101 cm³/mol. The Bertz CT molecular complexity index is 453. The number of benzene rings is 1. The molecule has 0 spiro atoms. The predicted octanol–water partition coefficient (Wildman–Crippen LogP) is 6.42. The Balaban J connectivity index is 2.16. The summed E-state index contributed by atoms with van der Waals surface area (Å²) in [5.74, 6) is 0.164. The molecule has 0 heterocycles. The van der Waals surface area contributed by atoms with Crippen LogP contribution in [0.15, 0.2) is 18.2 Å². The van der Waals surface area contributed by atoms with Crippen molar-refractivity contribution >= 4 is 11.6 Å². The molecular weight excluding hydrogens is 282 g/mol. The van der Waals surface area contributed by atoms with Crippen molar-refractivity contribution in [2.24, 2.45) is 0 Å². The summed E-state index contributed by atoms with van der Waals surface area (Å²) in [5, 5.41) is 3.12. The van der Waals surface area contributed by atoms with Crippen LogP contribution in [0.25, 0.3) is 0 Å². The molecule has 0 saturated heterocycles. The van der Waals surface area contributed by atoms with Gasteiger partial charge in [-0.15, -0.1) is 0 Å². The number of nitrogens with one attached hydrogen (secondary N) is 1. The van der Waals surface area contributed by atoms with Crippen LogP contribution in [-0.2, 0) is 11.2 Å². The third-order valence-electron chi connectivity index (χ3n) is 4.51. The van der Waals surface area contributed by atoms with Crippen LogP contribution in [0.2, 0.25) is 0 Å². The highest BCUT2D eigenvalue weighted by Crippen LogP contribution is 2.21. The first-order valence-corrected chi connectivity index (χ1v) is 9.57. The van der Waals surface area contributed by atoms with Crippen molar-refractivity contribution in [2.45, 2.75) is 91.4 Å². The monoisotopic (exact) mass is 317 g/mol. The highest BCUT2D eigenvalue weighted by molar-refractivity contribution is 5.92. The number of hydrogen-bond acceptors (Lipinski definition) is 1. The SMILES string of the molecule is CCCCCCCCCCCC(=O)Nc1c(C)cccc1CC. The standard InChI is InChI=1S/C21H35NO/c1-4-6-7-8-9-10-11-12-13-17-20(23)22-21-18(3)15-14-16-19(21)5-2/h14-16H,4-13,17H2,1-3H3,(H,22,23). The normalized spacial score (nSPS) is 10.7. The van der Waals surface area contributed by atoms with E-state index in [-0.39, 0.29) is 5.91 Å². The van der Waals surface area contributed by atoms with E-state index in [1.54, 1.807) is 0 Å². The summed E-state index contributed by atoms with van der Waals surface area (Å²) in [4.78, 5) is 12.1. The number of carbonyl (C=O) groups is 1. The third-order valence-corrected chi connectivity index (χ3v) is 4.51. The maximum atomic E-state index is 12.1. The van der Waals surface area contributed by atoms with Gasteiger partial charge in [-0.3, -0.25) is 4.79 Å². The lowest BCUT2D eigenvalue weighted by Crippen LogP contribution is -2.13. The van der Waals surface area contributed by atoms with E-state index >= 15 is 0 Å². The van der Waals surface area contributed by atoms with E-state index in [0.717, 1.165) is 24.1 Å². The second-order valence-corrected chi connectivity index (χ2v) is 6.59. The maximum absolute atomic E-state index is 12.1. The molecule has 1 amide bonds. The van der Waals surface area contributed by atoms with Crippen LogP contribution in [0.3, 0.4) is 0 Å². The molecule has 0 radical (unpaired) electrons. The van der Waals surface area contributed by atoms with Crippen LogP contribution in [0.5, 0.6) is 0 Å². The molecule has 0 fully saturated rings. The van der Waals surface area contributed by atoms with Gasteiger partial charge in [0, 0.05) is 12.1 Å². The summed E-state index contributed by atoms with van der Waals surface area (Å²) in [5.41, 5.74) is 3.41. The van der Waals surface area contributed by atoms with Crippen molar-refractivity contribution < 1.29 is 4.79 Å². The lowest BCUT2D eigenvalue weighted by molar-refractivity contribution is -0.116. The topological polar surface area (TPSA) is 29.1 Å². The van der Waals surface area contributed by atoms with Crippen molar-refractivity contribution in [2.75, 3.05) is 5.32 Å². The third kappa shape index (κ3) is 8.20. The molecule has 0 saturated carbocycles. The number of aryl methyl sites for hydroxylation is 2. The van der Waals surface area contributed by atoms with Crippen LogP contribution in [0.4, 0.5) is 5.69 Å². The first-order chi connectivity index (χ1) is 11.2. The summed E-state index contributed by atoms with van der Waals surface area (Å²) < 4.78 is 0. The van der Waals surface area contributed by atoms with Crippen molar-refractivity contribution in [1.82, 2.24) is 0 Å². The molecular formula is C21H35NO. The molecule has 1 aromatic rings. The number of carbonyl (C=O) groups excluding carboxylic acids is 1. The Morgan fingerprint density at radius 1 is 0.913 bits per heavy atom. The lowest BCUT2D eigenvalue weighted by Gasteiger charge is -2.12. The van der Waals surface area contributed by atoms with Crippen LogP contribution in [0.1, 0.15) is 89.2 Å². The Morgan fingerprint density at radius 2 is 1.52 bits per heavy atom. The second kappa shape index (κ2) is 12.2. The molecule has 0 bridgehead atoms. The Morgan fingerprint density at radius 3 is 2.13 bits per heavy atom. The van der Waals surface area contributed by atoms with Gasteiger partial charge in [-0.2, -0.15) is 0 Å². The summed E-state index contributed by atoms with van der Waals surface area (Å²) in [6.45, 7) is 6.45. The smallest absolute Gasteiger partial charge is 0.224 e. The zero-order valence-corrected chi connectivity index (χ0v) is 15.4. The molecule has 0 unspecified atom stereocenters. The van der Waals surface area contributed by atoms with E-state index in [9.17, 15) is 4.79 Å². The van der Waals surface area contributed by atoms with E-state index in [1.165, 1.54) is 56.9 Å². The molecule has 130 valence electrons. The minimum absolute atomic E-state index is 0.164. The van der Waals surface area contributed by atoms with Gasteiger partial charge in [-0.05, 0) is 30.9 Å².